The minimum Gasteiger partial charge on any atom is -0.352 e. The van der Waals surface area contributed by atoms with E-state index in [1.807, 2.05) is 0 Å². The average molecular weight is 222 g/mol. The maximum absolute atomic E-state index is 11.9. The molecule has 3 aliphatic rings. The third-order valence-corrected chi connectivity index (χ3v) is 5.03. The molecular formula is C13H22N2O. The molecule has 0 aromatic rings. The van der Waals surface area contributed by atoms with Crippen LogP contribution in [0.25, 0.3) is 0 Å². The normalized spacial score (nSPS) is 40.8. The Morgan fingerprint density at radius 2 is 2.12 bits per heavy atom. The Balaban J connectivity index is 1.57. The molecular weight excluding hydrogens is 200 g/mol. The minimum absolute atomic E-state index is 0.0859. The van der Waals surface area contributed by atoms with E-state index < -0.39 is 5.54 Å². The molecule has 3 rings (SSSR count). The first kappa shape index (κ1) is 10.6. The molecule has 16 heavy (non-hydrogen) atoms. The van der Waals surface area contributed by atoms with Gasteiger partial charge in [-0.1, -0.05) is 6.42 Å². The van der Waals surface area contributed by atoms with E-state index in [-0.39, 0.29) is 5.91 Å². The van der Waals surface area contributed by atoms with Crippen LogP contribution in [0.4, 0.5) is 0 Å². The number of carbonyl (C=O) groups is 1. The Bertz CT molecular complexity index is 311. The number of carbonyl (C=O) groups excluding carboxylic acids is 1. The fourth-order valence-corrected chi connectivity index (χ4v) is 3.73. The summed E-state index contributed by atoms with van der Waals surface area (Å²) in [4.78, 5) is 11.9. The van der Waals surface area contributed by atoms with E-state index in [0.717, 1.165) is 24.7 Å². The van der Waals surface area contributed by atoms with Gasteiger partial charge in [0.25, 0.3) is 0 Å². The van der Waals surface area contributed by atoms with Crippen molar-refractivity contribution < 1.29 is 4.79 Å². The van der Waals surface area contributed by atoms with Crippen molar-refractivity contribution in [1.29, 1.82) is 0 Å². The van der Waals surface area contributed by atoms with Gasteiger partial charge in [-0.05, 0) is 56.8 Å². The molecule has 4 atom stereocenters. The number of amides is 1. The molecule has 90 valence electrons. The molecule has 0 spiro atoms. The number of hydrogen-bond donors (Lipinski definition) is 2. The largest absolute Gasteiger partial charge is 0.352 e. The summed E-state index contributed by atoms with van der Waals surface area (Å²) in [5, 5.41) is 3.15. The summed E-state index contributed by atoms with van der Waals surface area (Å²) in [6.07, 6.45) is 7.25. The zero-order chi connectivity index (χ0) is 11.3. The zero-order valence-corrected chi connectivity index (χ0v) is 10.0. The second-order valence-electron chi connectivity index (χ2n) is 6.26. The molecule has 0 saturated heterocycles. The third-order valence-electron chi connectivity index (χ3n) is 5.03. The van der Waals surface area contributed by atoms with E-state index in [2.05, 4.69) is 12.2 Å². The molecule has 3 nitrogen and oxygen atoms in total. The lowest BCUT2D eigenvalue weighted by Gasteiger charge is -2.29. The Hall–Kier alpha value is -0.570. The molecule has 3 heteroatoms. The summed E-state index contributed by atoms with van der Waals surface area (Å²) in [6.45, 7) is 2.16. The van der Waals surface area contributed by atoms with Crippen molar-refractivity contribution in [2.75, 3.05) is 0 Å². The summed E-state index contributed by atoms with van der Waals surface area (Å²) in [5.74, 6) is 2.61. The molecule has 2 bridgehead atoms. The highest BCUT2D eigenvalue weighted by atomic mass is 16.2. The first-order valence-electron chi connectivity index (χ1n) is 6.68. The van der Waals surface area contributed by atoms with Gasteiger partial charge in [0.1, 0.15) is 0 Å². The number of rotatable bonds is 3. The SMILES string of the molecule is CC(NC(=O)C1(N)CC1)C1CC2CCC1C2. The van der Waals surface area contributed by atoms with Crippen molar-refractivity contribution in [2.24, 2.45) is 23.5 Å². The van der Waals surface area contributed by atoms with E-state index in [4.69, 9.17) is 5.73 Å². The van der Waals surface area contributed by atoms with Crippen LogP contribution in [0.3, 0.4) is 0 Å². The zero-order valence-electron chi connectivity index (χ0n) is 10.0. The molecule has 0 radical (unpaired) electrons. The Morgan fingerprint density at radius 3 is 2.62 bits per heavy atom. The van der Waals surface area contributed by atoms with Gasteiger partial charge < -0.3 is 11.1 Å². The van der Waals surface area contributed by atoms with E-state index >= 15 is 0 Å². The molecule has 4 unspecified atom stereocenters. The third kappa shape index (κ3) is 1.65. The number of hydrogen-bond acceptors (Lipinski definition) is 2. The second-order valence-corrected chi connectivity index (χ2v) is 6.26. The molecule has 3 fully saturated rings. The van der Waals surface area contributed by atoms with E-state index in [1.54, 1.807) is 0 Å². The predicted octanol–water partition coefficient (Wildman–Crippen LogP) is 1.42. The standard InChI is InChI=1S/C13H22N2O/c1-8(15-12(16)13(14)4-5-13)11-7-9-2-3-10(11)6-9/h8-11H,2-7,14H2,1H3,(H,15,16). The van der Waals surface area contributed by atoms with E-state index in [1.165, 1.54) is 25.7 Å². The maximum Gasteiger partial charge on any atom is 0.240 e. The maximum atomic E-state index is 11.9. The van der Waals surface area contributed by atoms with Gasteiger partial charge in [-0.2, -0.15) is 0 Å². The van der Waals surface area contributed by atoms with Crippen LogP contribution in [0.2, 0.25) is 0 Å². The van der Waals surface area contributed by atoms with Crippen molar-refractivity contribution in [1.82, 2.24) is 5.32 Å². The highest BCUT2D eigenvalue weighted by Gasteiger charge is 2.48. The van der Waals surface area contributed by atoms with Crippen LogP contribution in [0.1, 0.15) is 45.4 Å². The number of nitrogens with one attached hydrogen (secondary N) is 1. The van der Waals surface area contributed by atoms with Gasteiger partial charge in [0.15, 0.2) is 0 Å². The van der Waals surface area contributed by atoms with Crippen molar-refractivity contribution in [3.63, 3.8) is 0 Å². The highest BCUT2D eigenvalue weighted by molar-refractivity contribution is 5.89. The van der Waals surface area contributed by atoms with Crippen molar-refractivity contribution in [3.05, 3.63) is 0 Å². The molecule has 1 amide bonds. The monoisotopic (exact) mass is 222 g/mol. The quantitative estimate of drug-likeness (QED) is 0.758. The lowest BCUT2D eigenvalue weighted by Crippen LogP contribution is -2.49. The van der Waals surface area contributed by atoms with Crippen LogP contribution < -0.4 is 11.1 Å². The van der Waals surface area contributed by atoms with Gasteiger partial charge in [-0.25, -0.2) is 0 Å². The summed E-state index contributed by atoms with van der Waals surface area (Å²) in [7, 11) is 0. The van der Waals surface area contributed by atoms with Crippen LogP contribution in [0.5, 0.6) is 0 Å². The first-order chi connectivity index (χ1) is 7.58. The summed E-state index contributed by atoms with van der Waals surface area (Å²) in [5.41, 5.74) is 5.39. The second kappa shape index (κ2) is 3.46. The van der Waals surface area contributed by atoms with Crippen molar-refractivity contribution in [2.45, 2.75) is 57.0 Å². The van der Waals surface area contributed by atoms with Crippen LogP contribution in [-0.2, 0) is 4.79 Å². The molecule has 3 aliphatic carbocycles. The Labute approximate surface area is 97.2 Å². The Kier molecular flexibility index (Phi) is 2.29. The topological polar surface area (TPSA) is 55.1 Å². The molecule has 0 aromatic carbocycles. The molecule has 3 N–H and O–H groups in total. The lowest BCUT2D eigenvalue weighted by molar-refractivity contribution is -0.124. The van der Waals surface area contributed by atoms with Gasteiger partial charge in [0, 0.05) is 6.04 Å². The Morgan fingerprint density at radius 1 is 1.38 bits per heavy atom. The van der Waals surface area contributed by atoms with Gasteiger partial charge in [-0.15, -0.1) is 0 Å². The fraction of sp³-hybridized carbons (Fsp3) is 0.923. The van der Waals surface area contributed by atoms with Crippen LogP contribution in [0.15, 0.2) is 0 Å². The van der Waals surface area contributed by atoms with Crippen molar-refractivity contribution in [3.8, 4) is 0 Å². The molecule has 0 aromatic heterocycles. The fourth-order valence-electron chi connectivity index (χ4n) is 3.73. The van der Waals surface area contributed by atoms with Gasteiger partial charge in [-0.3, -0.25) is 4.79 Å². The molecule has 0 heterocycles. The molecule has 0 aliphatic heterocycles. The average Bonchev–Trinajstić information content (AvgIpc) is 2.75. The van der Waals surface area contributed by atoms with E-state index in [0.29, 0.717) is 12.0 Å². The minimum atomic E-state index is -0.508. The summed E-state index contributed by atoms with van der Waals surface area (Å²) >= 11 is 0. The van der Waals surface area contributed by atoms with Gasteiger partial charge in [0.05, 0.1) is 5.54 Å². The predicted molar refractivity (Wildman–Crippen MR) is 62.7 cm³/mol. The summed E-state index contributed by atoms with van der Waals surface area (Å²) < 4.78 is 0. The van der Waals surface area contributed by atoms with Crippen molar-refractivity contribution >= 4 is 5.91 Å². The van der Waals surface area contributed by atoms with Crippen LogP contribution >= 0.6 is 0 Å². The number of nitrogens with two attached hydrogens (primary N) is 1. The first-order valence-corrected chi connectivity index (χ1v) is 6.68. The van der Waals surface area contributed by atoms with Crippen LogP contribution in [0, 0.1) is 17.8 Å². The smallest absolute Gasteiger partial charge is 0.240 e. The molecule has 3 saturated carbocycles. The highest BCUT2D eigenvalue weighted by Crippen LogP contribution is 2.49. The van der Waals surface area contributed by atoms with Crippen LogP contribution in [-0.4, -0.2) is 17.5 Å². The lowest BCUT2D eigenvalue weighted by atomic mass is 9.84. The summed E-state index contributed by atoms with van der Waals surface area (Å²) in [6, 6.07) is 0.323. The van der Waals surface area contributed by atoms with E-state index in [9.17, 15) is 4.79 Å². The number of fused-ring (bicyclic) bond motifs is 2. The van der Waals surface area contributed by atoms with Gasteiger partial charge >= 0.3 is 0 Å². The van der Waals surface area contributed by atoms with Gasteiger partial charge in [0.2, 0.25) is 5.91 Å².